The average Bonchev–Trinajstić information content (AvgIpc) is 2.06. The first kappa shape index (κ1) is 12.1. The number of hydrogen-bond acceptors (Lipinski definition) is 0. The highest BCUT2D eigenvalue weighted by atomic mass is 35.5. The summed E-state index contributed by atoms with van der Waals surface area (Å²) in [5.41, 5.74) is 0.420. The minimum Gasteiger partial charge on any atom is -0.445 e. The van der Waals surface area contributed by atoms with Gasteiger partial charge in [0.25, 0.3) is 0 Å². The molecule has 0 amide bonds. The topological polar surface area (TPSA) is 0 Å². The van der Waals surface area contributed by atoms with Gasteiger partial charge in [0.1, 0.15) is 5.82 Å². The molecule has 0 aliphatic heterocycles. The van der Waals surface area contributed by atoms with Crippen LogP contribution in [-0.2, 0) is 0 Å². The van der Waals surface area contributed by atoms with Gasteiger partial charge in [0.15, 0.2) is 0 Å². The summed E-state index contributed by atoms with van der Waals surface area (Å²) in [5.74, 6) is -0.436. The Bertz CT molecular complexity index is 398. The normalized spacial score (nSPS) is 13.1. The van der Waals surface area contributed by atoms with E-state index in [1.807, 2.05) is 0 Å². The van der Waals surface area contributed by atoms with Crippen molar-refractivity contribution in [2.24, 2.45) is 0 Å². The maximum Gasteiger partial charge on any atom is 0.504 e. The number of rotatable bonds is 2. The van der Waals surface area contributed by atoms with Crippen LogP contribution in [0.15, 0.2) is 24.2 Å². The van der Waals surface area contributed by atoms with Crippen molar-refractivity contribution in [3.8, 4) is 0 Å². The Balaban J connectivity index is 3.07. The second-order valence-corrected chi connectivity index (χ2v) is 3.51. The zero-order valence-corrected chi connectivity index (χ0v) is 8.53. The maximum absolute atomic E-state index is 12.8. The first-order valence-electron chi connectivity index (χ1n) is 4.14. The Labute approximate surface area is 89.6 Å². The zero-order chi connectivity index (χ0) is 11.6. The Morgan fingerprint density at radius 2 is 1.93 bits per heavy atom. The number of aryl methyl sites for hydroxylation is 1. The average molecular weight is 237 g/mol. The fraction of sp³-hybridized carbons (Fsp3) is 0.111. The van der Waals surface area contributed by atoms with Gasteiger partial charge in [-0.2, -0.15) is 0 Å². The molecule has 1 aromatic carbocycles. The third kappa shape index (κ3) is 3.59. The molecular weight excluding hydrogens is 230 g/mol. The van der Waals surface area contributed by atoms with Crippen molar-refractivity contribution in [1.29, 1.82) is 0 Å². The summed E-state index contributed by atoms with van der Waals surface area (Å²) >= 11 is 5.45. The molecule has 0 aliphatic carbocycles. The molecule has 0 atom stereocenters. The summed E-state index contributed by atoms with van der Waals surface area (Å²) in [6.45, 7) is -3.62. The minimum atomic E-state index is -5.08. The molecule has 0 unspecified atom stereocenters. The molecule has 0 saturated carbocycles. The van der Waals surface area contributed by atoms with E-state index in [2.05, 4.69) is 0 Å². The first-order chi connectivity index (χ1) is 6.79. The fourth-order valence-corrected chi connectivity index (χ4v) is 1.32. The molecule has 0 saturated heterocycles. The highest BCUT2D eigenvalue weighted by Crippen LogP contribution is 2.25. The number of halogens is 5. The van der Waals surface area contributed by atoms with Crippen LogP contribution in [0.25, 0.3) is 5.03 Å². The summed E-state index contributed by atoms with van der Waals surface area (Å²) in [7, 11) is 0. The number of hydrogen-bond donors (Lipinski definition) is 0. The van der Waals surface area contributed by atoms with E-state index in [0.717, 1.165) is 6.07 Å². The molecule has 0 bridgehead atoms. The van der Waals surface area contributed by atoms with Crippen LogP contribution >= 0.6 is 11.6 Å². The molecule has 6 heteroatoms. The van der Waals surface area contributed by atoms with Crippen molar-refractivity contribution < 1.29 is 17.3 Å². The highest BCUT2D eigenvalue weighted by Gasteiger charge is 2.20. The molecule has 0 N–H and O–H groups in total. The molecule has 0 spiro atoms. The molecular formula is C9H7BClF4-. The first-order valence-corrected chi connectivity index (χ1v) is 4.52. The van der Waals surface area contributed by atoms with Gasteiger partial charge < -0.3 is 12.9 Å². The van der Waals surface area contributed by atoms with Gasteiger partial charge in [-0.15, -0.1) is 5.98 Å². The summed E-state index contributed by atoms with van der Waals surface area (Å²) in [5, 5.41) is -0.425. The Hall–Kier alpha value is -0.965. The summed E-state index contributed by atoms with van der Waals surface area (Å²) in [4.78, 5) is 0. The summed E-state index contributed by atoms with van der Waals surface area (Å²) in [6.07, 6.45) is 0. The predicted molar refractivity (Wildman–Crippen MR) is 54.0 cm³/mol. The van der Waals surface area contributed by atoms with E-state index in [-0.39, 0.29) is 17.1 Å². The van der Waals surface area contributed by atoms with Gasteiger partial charge in [-0.25, -0.2) is 4.39 Å². The van der Waals surface area contributed by atoms with E-state index in [4.69, 9.17) is 11.6 Å². The third-order valence-corrected chi connectivity index (χ3v) is 2.11. The van der Waals surface area contributed by atoms with Crippen LogP contribution in [0.1, 0.15) is 11.1 Å². The van der Waals surface area contributed by atoms with Crippen LogP contribution in [-0.4, -0.2) is 6.98 Å². The molecule has 1 aromatic rings. The zero-order valence-electron chi connectivity index (χ0n) is 7.78. The molecule has 1 rings (SSSR count). The quantitative estimate of drug-likeness (QED) is 0.536. The van der Waals surface area contributed by atoms with E-state index in [9.17, 15) is 17.3 Å². The second-order valence-electron chi connectivity index (χ2n) is 3.10. The smallest absolute Gasteiger partial charge is 0.445 e. The van der Waals surface area contributed by atoms with Gasteiger partial charge in [0.05, 0.1) is 0 Å². The lowest BCUT2D eigenvalue weighted by Crippen LogP contribution is -2.10. The summed E-state index contributed by atoms with van der Waals surface area (Å²) in [6, 6.07) is 3.57. The van der Waals surface area contributed by atoms with Crippen LogP contribution in [0, 0.1) is 12.7 Å². The number of benzene rings is 1. The lowest BCUT2D eigenvalue weighted by molar-refractivity contribution is 0.499. The van der Waals surface area contributed by atoms with Crippen molar-refractivity contribution in [3.63, 3.8) is 0 Å². The molecule has 0 fully saturated rings. The van der Waals surface area contributed by atoms with Crippen LogP contribution in [0.3, 0.4) is 0 Å². The van der Waals surface area contributed by atoms with Crippen molar-refractivity contribution in [2.75, 3.05) is 0 Å². The van der Waals surface area contributed by atoms with Gasteiger partial charge in [-0.1, -0.05) is 17.7 Å². The largest absolute Gasteiger partial charge is 0.504 e. The van der Waals surface area contributed by atoms with Crippen molar-refractivity contribution >= 4 is 23.6 Å². The van der Waals surface area contributed by atoms with Gasteiger partial charge in [-0.3, -0.25) is 0 Å². The van der Waals surface area contributed by atoms with E-state index in [1.54, 1.807) is 0 Å². The fourth-order valence-electron chi connectivity index (χ4n) is 1.06. The second kappa shape index (κ2) is 4.27. The lowest BCUT2D eigenvalue weighted by atomic mass is 9.90. The highest BCUT2D eigenvalue weighted by molar-refractivity contribution is 6.69. The monoisotopic (exact) mass is 237 g/mol. The van der Waals surface area contributed by atoms with Crippen molar-refractivity contribution in [3.05, 3.63) is 41.1 Å². The van der Waals surface area contributed by atoms with Crippen LogP contribution in [0.4, 0.5) is 17.3 Å². The van der Waals surface area contributed by atoms with Crippen LogP contribution < -0.4 is 0 Å². The van der Waals surface area contributed by atoms with E-state index < -0.39 is 17.8 Å². The standard InChI is InChI=1S/C9H7BClF4/c1-6-4-7(2-3-9(6)12)8(11)5-10(13,14)15/h2-5H,1H3/q-1/b8-5-. The Kier molecular flexibility index (Phi) is 3.44. The van der Waals surface area contributed by atoms with Gasteiger partial charge in [0, 0.05) is 5.03 Å². The third-order valence-electron chi connectivity index (χ3n) is 1.77. The van der Waals surface area contributed by atoms with E-state index in [1.165, 1.54) is 19.1 Å². The Morgan fingerprint density at radius 3 is 2.40 bits per heavy atom. The van der Waals surface area contributed by atoms with Crippen molar-refractivity contribution in [2.45, 2.75) is 6.92 Å². The van der Waals surface area contributed by atoms with Crippen molar-refractivity contribution in [1.82, 2.24) is 0 Å². The molecule has 0 aromatic heterocycles. The SMILES string of the molecule is Cc1cc(/C(Cl)=C/[B-](F)(F)F)ccc1F. The van der Waals surface area contributed by atoms with E-state index >= 15 is 0 Å². The minimum absolute atomic E-state index is 0.0359. The Morgan fingerprint density at radius 1 is 1.33 bits per heavy atom. The molecule has 0 nitrogen and oxygen atoms in total. The van der Waals surface area contributed by atoms with Gasteiger partial charge in [0.2, 0.25) is 0 Å². The lowest BCUT2D eigenvalue weighted by Gasteiger charge is -2.09. The molecule has 0 heterocycles. The molecule has 15 heavy (non-hydrogen) atoms. The van der Waals surface area contributed by atoms with Gasteiger partial charge in [-0.05, 0) is 30.2 Å². The van der Waals surface area contributed by atoms with Crippen LogP contribution in [0.2, 0.25) is 0 Å². The maximum atomic E-state index is 12.8. The predicted octanol–water partition coefficient (Wildman–Crippen LogP) is 4.10. The van der Waals surface area contributed by atoms with Gasteiger partial charge >= 0.3 is 6.98 Å². The van der Waals surface area contributed by atoms with Crippen LogP contribution in [0.5, 0.6) is 0 Å². The summed E-state index contributed by atoms with van der Waals surface area (Å²) < 4.78 is 48.8. The molecule has 82 valence electrons. The molecule has 0 radical (unpaired) electrons. The van der Waals surface area contributed by atoms with E-state index in [0.29, 0.717) is 0 Å². The molecule has 0 aliphatic rings.